The van der Waals surface area contributed by atoms with Crippen molar-refractivity contribution in [2.24, 2.45) is 5.92 Å². The van der Waals surface area contributed by atoms with Gasteiger partial charge in [-0.15, -0.1) is 0 Å². The van der Waals surface area contributed by atoms with E-state index in [2.05, 4.69) is 39.1 Å². The Morgan fingerprint density at radius 1 is 1.15 bits per heavy atom. The number of aryl methyl sites for hydroxylation is 2. The standard InChI is InChI=1S/C24H34N8O2/c1-7-32-22(18-9-25-17(6)26-10-18)30-20-21(27-13-28-23(20)32)29-19(8-14(2)3)24(33)31-11-15(4)34-16(5)12-31/h9-10,13-16,19H,7-8,11-12H2,1-6H3,(H,27,28,29)/t15?,16?,19-/m0/s1. The normalized spacial score (nSPS) is 19.6. The van der Waals surface area contributed by atoms with Crippen LogP contribution in [0.2, 0.25) is 0 Å². The molecule has 3 aromatic heterocycles. The third-order valence-electron chi connectivity index (χ3n) is 5.93. The number of hydrogen-bond donors (Lipinski definition) is 1. The Bertz CT molecular complexity index is 1130. The van der Waals surface area contributed by atoms with Crippen molar-refractivity contribution in [1.82, 2.24) is 34.4 Å². The molecule has 1 amide bonds. The van der Waals surface area contributed by atoms with Gasteiger partial charge >= 0.3 is 0 Å². The van der Waals surface area contributed by atoms with E-state index in [4.69, 9.17) is 9.72 Å². The molecule has 34 heavy (non-hydrogen) atoms. The largest absolute Gasteiger partial charge is 0.372 e. The minimum absolute atomic E-state index is 0.0118. The lowest BCUT2D eigenvalue weighted by Gasteiger charge is -2.37. The summed E-state index contributed by atoms with van der Waals surface area (Å²) in [7, 11) is 0. The highest BCUT2D eigenvalue weighted by atomic mass is 16.5. The maximum absolute atomic E-state index is 13.6. The molecule has 0 aliphatic carbocycles. The van der Waals surface area contributed by atoms with E-state index < -0.39 is 6.04 Å². The summed E-state index contributed by atoms with van der Waals surface area (Å²) < 4.78 is 7.84. The molecule has 0 spiro atoms. The van der Waals surface area contributed by atoms with E-state index in [1.165, 1.54) is 6.33 Å². The van der Waals surface area contributed by atoms with Crippen molar-refractivity contribution in [1.29, 1.82) is 0 Å². The Balaban J connectivity index is 1.69. The zero-order chi connectivity index (χ0) is 24.4. The first-order valence-electron chi connectivity index (χ1n) is 12.0. The number of amides is 1. The van der Waals surface area contributed by atoms with E-state index in [0.717, 1.165) is 11.4 Å². The van der Waals surface area contributed by atoms with E-state index in [1.807, 2.05) is 37.2 Å². The summed E-state index contributed by atoms with van der Waals surface area (Å²) in [6.45, 7) is 14.0. The minimum Gasteiger partial charge on any atom is -0.372 e. The molecule has 10 heteroatoms. The first kappa shape index (κ1) is 24.0. The molecule has 1 saturated heterocycles. The van der Waals surface area contributed by atoms with Gasteiger partial charge in [0.05, 0.1) is 17.8 Å². The van der Waals surface area contributed by atoms with Crippen LogP contribution in [0.4, 0.5) is 5.82 Å². The van der Waals surface area contributed by atoms with Gasteiger partial charge in [0.1, 0.15) is 24.0 Å². The van der Waals surface area contributed by atoms with Crippen LogP contribution in [0, 0.1) is 12.8 Å². The average Bonchev–Trinajstić information content (AvgIpc) is 3.17. The van der Waals surface area contributed by atoms with Crippen LogP contribution >= 0.6 is 0 Å². The second-order valence-corrected chi connectivity index (χ2v) is 9.42. The van der Waals surface area contributed by atoms with Gasteiger partial charge in [-0.25, -0.2) is 24.9 Å². The fourth-order valence-electron chi connectivity index (χ4n) is 4.51. The number of rotatable bonds is 7. The van der Waals surface area contributed by atoms with Gasteiger partial charge in [0, 0.05) is 32.0 Å². The Morgan fingerprint density at radius 2 is 1.82 bits per heavy atom. The van der Waals surface area contributed by atoms with Gasteiger partial charge in [-0.05, 0) is 40.0 Å². The Hall–Kier alpha value is -3.14. The number of carbonyl (C=O) groups is 1. The molecule has 0 bridgehead atoms. The number of aromatic nitrogens is 6. The lowest BCUT2D eigenvalue weighted by Crippen LogP contribution is -2.53. The third-order valence-corrected chi connectivity index (χ3v) is 5.93. The van der Waals surface area contributed by atoms with Crippen molar-refractivity contribution in [3.8, 4) is 11.4 Å². The molecule has 4 rings (SSSR count). The van der Waals surface area contributed by atoms with E-state index in [9.17, 15) is 4.79 Å². The molecule has 1 fully saturated rings. The molecule has 2 unspecified atom stereocenters. The second kappa shape index (κ2) is 10.0. The van der Waals surface area contributed by atoms with Crippen LogP contribution in [-0.2, 0) is 16.1 Å². The molecule has 4 heterocycles. The first-order valence-corrected chi connectivity index (χ1v) is 12.0. The lowest BCUT2D eigenvalue weighted by molar-refractivity contribution is -0.144. The van der Waals surface area contributed by atoms with Gasteiger partial charge in [0.25, 0.3) is 0 Å². The number of nitrogens with zero attached hydrogens (tertiary/aromatic N) is 7. The number of hydrogen-bond acceptors (Lipinski definition) is 8. The van der Waals surface area contributed by atoms with Crippen LogP contribution < -0.4 is 5.32 Å². The van der Waals surface area contributed by atoms with E-state index >= 15 is 0 Å². The number of anilines is 1. The first-order chi connectivity index (χ1) is 16.3. The predicted octanol–water partition coefficient (Wildman–Crippen LogP) is 3.07. The van der Waals surface area contributed by atoms with Crippen molar-refractivity contribution >= 4 is 22.9 Å². The van der Waals surface area contributed by atoms with Crippen LogP contribution in [0.25, 0.3) is 22.6 Å². The van der Waals surface area contributed by atoms with Gasteiger partial charge in [-0.3, -0.25) is 4.79 Å². The van der Waals surface area contributed by atoms with Crippen molar-refractivity contribution in [3.63, 3.8) is 0 Å². The highest BCUT2D eigenvalue weighted by Gasteiger charge is 2.32. The zero-order valence-corrected chi connectivity index (χ0v) is 20.8. The maximum Gasteiger partial charge on any atom is 0.245 e. The SMILES string of the molecule is CCn1c(-c2cnc(C)nc2)nc2c(N[C@@H](CC(C)C)C(=O)N3CC(C)OC(C)C3)ncnc21. The molecule has 0 aromatic carbocycles. The molecule has 1 N–H and O–H groups in total. The summed E-state index contributed by atoms with van der Waals surface area (Å²) in [5.74, 6) is 2.36. The molecular formula is C24H34N8O2. The number of imidazole rings is 1. The fourth-order valence-corrected chi connectivity index (χ4v) is 4.51. The van der Waals surface area contributed by atoms with Crippen molar-refractivity contribution in [3.05, 3.63) is 24.5 Å². The van der Waals surface area contributed by atoms with Gasteiger partial charge < -0.3 is 19.5 Å². The second-order valence-electron chi connectivity index (χ2n) is 9.42. The molecule has 3 atom stereocenters. The van der Waals surface area contributed by atoms with Crippen LogP contribution in [0.5, 0.6) is 0 Å². The molecule has 3 aromatic rings. The number of ether oxygens (including phenoxy) is 1. The Morgan fingerprint density at radius 3 is 2.44 bits per heavy atom. The van der Waals surface area contributed by atoms with Crippen LogP contribution in [0.1, 0.15) is 46.9 Å². The quantitative estimate of drug-likeness (QED) is 0.566. The summed E-state index contributed by atoms with van der Waals surface area (Å²) in [5.41, 5.74) is 2.15. The fraction of sp³-hybridized carbons (Fsp3) is 0.583. The molecule has 0 radical (unpaired) electrons. The maximum atomic E-state index is 13.6. The number of fused-ring (bicyclic) bond motifs is 1. The van der Waals surface area contributed by atoms with Gasteiger partial charge in [0.15, 0.2) is 17.0 Å². The molecule has 0 saturated carbocycles. The average molecular weight is 467 g/mol. The minimum atomic E-state index is -0.423. The molecule has 10 nitrogen and oxygen atoms in total. The number of nitrogens with one attached hydrogen (secondary N) is 1. The van der Waals surface area contributed by atoms with E-state index in [1.54, 1.807) is 12.4 Å². The number of carbonyl (C=O) groups excluding carboxylic acids is 1. The molecule has 182 valence electrons. The van der Waals surface area contributed by atoms with E-state index in [-0.39, 0.29) is 18.1 Å². The monoisotopic (exact) mass is 466 g/mol. The summed E-state index contributed by atoms with van der Waals surface area (Å²) in [4.78, 5) is 37.9. The summed E-state index contributed by atoms with van der Waals surface area (Å²) in [6.07, 6.45) is 5.75. The lowest BCUT2D eigenvalue weighted by atomic mass is 10.0. The molecule has 1 aliphatic rings. The molecule has 1 aliphatic heterocycles. The van der Waals surface area contributed by atoms with Crippen molar-refractivity contribution in [2.45, 2.75) is 72.8 Å². The number of morpholine rings is 1. The smallest absolute Gasteiger partial charge is 0.245 e. The highest BCUT2D eigenvalue weighted by Crippen LogP contribution is 2.27. The highest BCUT2D eigenvalue weighted by molar-refractivity contribution is 5.90. The molecular weight excluding hydrogens is 432 g/mol. The summed E-state index contributed by atoms with van der Waals surface area (Å²) >= 11 is 0. The van der Waals surface area contributed by atoms with Gasteiger partial charge in [-0.1, -0.05) is 13.8 Å². The van der Waals surface area contributed by atoms with Crippen molar-refractivity contribution < 1.29 is 9.53 Å². The van der Waals surface area contributed by atoms with Crippen LogP contribution in [0.15, 0.2) is 18.7 Å². The Labute approximate surface area is 200 Å². The van der Waals surface area contributed by atoms with Gasteiger partial charge in [0.2, 0.25) is 5.91 Å². The predicted molar refractivity (Wildman–Crippen MR) is 130 cm³/mol. The zero-order valence-electron chi connectivity index (χ0n) is 20.8. The van der Waals surface area contributed by atoms with Gasteiger partial charge in [-0.2, -0.15) is 0 Å². The topological polar surface area (TPSA) is 111 Å². The summed E-state index contributed by atoms with van der Waals surface area (Å²) in [6, 6.07) is -0.423. The Kier molecular flexibility index (Phi) is 7.06. The summed E-state index contributed by atoms with van der Waals surface area (Å²) in [5, 5.41) is 3.42. The van der Waals surface area contributed by atoms with Crippen LogP contribution in [0.3, 0.4) is 0 Å². The van der Waals surface area contributed by atoms with Crippen molar-refractivity contribution in [2.75, 3.05) is 18.4 Å². The van der Waals surface area contributed by atoms with Crippen LogP contribution in [-0.4, -0.2) is 71.6 Å². The third kappa shape index (κ3) is 5.01. The van der Waals surface area contributed by atoms with E-state index in [0.29, 0.717) is 54.8 Å².